The lowest BCUT2D eigenvalue weighted by atomic mass is 9.77. The largest absolute Gasteiger partial charge is 0.385 e. The van der Waals surface area contributed by atoms with Crippen LogP contribution in [0.25, 0.3) is 0 Å². The fraction of sp³-hybridized carbons (Fsp3) is 0.577. The molecule has 0 radical (unpaired) electrons. The van der Waals surface area contributed by atoms with Gasteiger partial charge < -0.3 is 18.8 Å². The van der Waals surface area contributed by atoms with Crippen molar-refractivity contribution in [2.24, 2.45) is 5.41 Å². The minimum atomic E-state index is 0.304. The Morgan fingerprint density at radius 3 is 2.39 bits per heavy atom. The van der Waals surface area contributed by atoms with E-state index in [1.807, 2.05) is 30.6 Å². The first-order valence-electron chi connectivity index (χ1n) is 11.8. The minimum Gasteiger partial charge on any atom is -0.385 e. The Labute approximate surface area is 207 Å². The van der Waals surface area contributed by atoms with Gasteiger partial charge in [0.15, 0.2) is 0 Å². The van der Waals surface area contributed by atoms with Gasteiger partial charge in [0.25, 0.3) is 0 Å². The van der Waals surface area contributed by atoms with Crippen LogP contribution in [0.15, 0.2) is 39.0 Å². The third-order valence-electron chi connectivity index (χ3n) is 6.17. The van der Waals surface area contributed by atoms with Gasteiger partial charge in [-0.2, -0.15) is 0 Å². The van der Waals surface area contributed by atoms with E-state index in [4.69, 9.17) is 4.74 Å². The van der Waals surface area contributed by atoms with Crippen LogP contribution in [0, 0.1) is 12.3 Å². The van der Waals surface area contributed by atoms with E-state index < -0.39 is 0 Å². The van der Waals surface area contributed by atoms with Gasteiger partial charge in [-0.05, 0) is 80.3 Å². The summed E-state index contributed by atoms with van der Waals surface area (Å²) in [5.74, 6) is 0. The number of aromatic nitrogens is 1. The molecule has 5 nitrogen and oxygen atoms in total. The molecule has 0 saturated carbocycles. The van der Waals surface area contributed by atoms with E-state index >= 15 is 0 Å². The molecule has 1 aliphatic heterocycles. The molecule has 7 heteroatoms. The topological polar surface area (TPSA) is 43.7 Å². The summed E-state index contributed by atoms with van der Waals surface area (Å²) in [5, 5.41) is 0. The third kappa shape index (κ3) is 7.12. The molecule has 1 fully saturated rings. The van der Waals surface area contributed by atoms with Crippen molar-refractivity contribution < 1.29 is 14.3 Å². The molecule has 0 bridgehead atoms. The number of methoxy groups -OCH3 is 1. The molecule has 0 amide bonds. The van der Waals surface area contributed by atoms with Crippen molar-refractivity contribution in [2.75, 3.05) is 40.0 Å². The number of ether oxygens (including phenoxy) is 2. The maximum Gasteiger partial charge on any atom is 0.139 e. The van der Waals surface area contributed by atoms with E-state index in [-0.39, 0.29) is 0 Å². The van der Waals surface area contributed by atoms with Crippen molar-refractivity contribution in [1.29, 1.82) is 0 Å². The van der Waals surface area contributed by atoms with E-state index in [9.17, 15) is 4.79 Å². The van der Waals surface area contributed by atoms with Crippen LogP contribution in [0.4, 0.5) is 0 Å². The zero-order valence-electron chi connectivity index (χ0n) is 20.7. The molecule has 1 aromatic heterocycles. The molecule has 33 heavy (non-hydrogen) atoms. The molecular formula is C26H38N2O3S2. The molecule has 2 aromatic rings. The smallest absolute Gasteiger partial charge is 0.139 e. The van der Waals surface area contributed by atoms with Gasteiger partial charge in [0.05, 0.1) is 19.8 Å². The van der Waals surface area contributed by atoms with Gasteiger partial charge in [-0.1, -0.05) is 25.6 Å². The standard InChI is InChI=1S/C23H30N2O2S2.C3H8O/c1-17-22(20-8-9-23(2,3)16-21(20)25(17)10-13-26)28-18-4-6-19(7-5-18)29-24-11-14-27-15-12-24;1-3-4-2/h4-7,13H,8-12,14-16H2,1-3H3;3H2,1-2H3. The van der Waals surface area contributed by atoms with Crippen LogP contribution in [0.2, 0.25) is 0 Å². The molecule has 4 rings (SSSR count). The van der Waals surface area contributed by atoms with Crippen LogP contribution in [0.3, 0.4) is 0 Å². The highest BCUT2D eigenvalue weighted by Crippen LogP contribution is 2.44. The highest BCUT2D eigenvalue weighted by Gasteiger charge is 2.31. The first-order chi connectivity index (χ1) is 15.9. The second kappa shape index (κ2) is 12.5. The number of nitrogens with zero attached hydrogens (tertiary/aromatic N) is 2. The molecule has 1 aliphatic carbocycles. The quantitative estimate of drug-likeness (QED) is 0.369. The molecule has 0 unspecified atom stereocenters. The highest BCUT2D eigenvalue weighted by molar-refractivity contribution is 7.99. The first kappa shape index (κ1) is 26.4. The number of benzene rings is 1. The van der Waals surface area contributed by atoms with Crippen LogP contribution in [0.5, 0.6) is 0 Å². The van der Waals surface area contributed by atoms with Gasteiger partial charge in [0.1, 0.15) is 6.29 Å². The van der Waals surface area contributed by atoms with E-state index in [2.05, 4.69) is 58.6 Å². The van der Waals surface area contributed by atoms with Gasteiger partial charge in [-0.15, -0.1) is 0 Å². The Kier molecular flexibility index (Phi) is 9.95. The number of morpholine rings is 1. The maximum absolute atomic E-state index is 11.3. The van der Waals surface area contributed by atoms with Crippen molar-refractivity contribution in [3.8, 4) is 0 Å². The first-order valence-corrected chi connectivity index (χ1v) is 13.4. The lowest BCUT2D eigenvalue weighted by Gasteiger charge is -2.30. The lowest BCUT2D eigenvalue weighted by Crippen LogP contribution is -2.30. The summed E-state index contributed by atoms with van der Waals surface area (Å²) in [6.45, 7) is 13.7. The second-order valence-corrected chi connectivity index (χ2v) is 11.5. The summed E-state index contributed by atoms with van der Waals surface area (Å²) in [5.41, 5.74) is 4.36. The Morgan fingerprint density at radius 1 is 1.15 bits per heavy atom. The number of fused-ring (bicyclic) bond motifs is 1. The zero-order valence-corrected chi connectivity index (χ0v) is 22.3. The van der Waals surface area contributed by atoms with Gasteiger partial charge >= 0.3 is 0 Å². The van der Waals surface area contributed by atoms with Crippen molar-refractivity contribution >= 4 is 30.0 Å². The van der Waals surface area contributed by atoms with E-state index in [0.717, 1.165) is 52.0 Å². The summed E-state index contributed by atoms with van der Waals surface area (Å²) >= 11 is 3.67. The maximum atomic E-state index is 11.3. The van der Waals surface area contributed by atoms with Gasteiger partial charge in [0, 0.05) is 52.9 Å². The third-order valence-corrected chi connectivity index (χ3v) is 8.53. The fourth-order valence-electron chi connectivity index (χ4n) is 4.23. The van der Waals surface area contributed by atoms with Gasteiger partial charge in [-0.25, -0.2) is 4.31 Å². The molecule has 0 N–H and O–H groups in total. The van der Waals surface area contributed by atoms with E-state index in [1.54, 1.807) is 7.11 Å². The van der Waals surface area contributed by atoms with Crippen molar-refractivity contribution in [3.63, 3.8) is 0 Å². The van der Waals surface area contributed by atoms with Crippen LogP contribution < -0.4 is 0 Å². The molecule has 1 aromatic carbocycles. The van der Waals surface area contributed by atoms with E-state index in [1.165, 1.54) is 38.1 Å². The Balaban J connectivity index is 0.000000709. The summed E-state index contributed by atoms with van der Waals surface area (Å²) < 4.78 is 14.6. The molecular weight excluding hydrogens is 452 g/mol. The predicted molar refractivity (Wildman–Crippen MR) is 137 cm³/mol. The summed E-state index contributed by atoms with van der Waals surface area (Å²) in [7, 11) is 1.68. The van der Waals surface area contributed by atoms with Crippen molar-refractivity contribution in [2.45, 2.75) is 68.2 Å². The van der Waals surface area contributed by atoms with Crippen LogP contribution in [-0.4, -0.2) is 55.2 Å². The predicted octanol–water partition coefficient (Wildman–Crippen LogP) is 5.65. The lowest BCUT2D eigenvalue weighted by molar-refractivity contribution is -0.108. The molecule has 0 atom stereocenters. The van der Waals surface area contributed by atoms with Crippen LogP contribution in [0.1, 0.15) is 44.1 Å². The number of hydrogen-bond acceptors (Lipinski definition) is 6. The summed E-state index contributed by atoms with van der Waals surface area (Å²) in [6.07, 6.45) is 4.38. The molecule has 0 spiro atoms. The van der Waals surface area contributed by atoms with Gasteiger partial charge in [0.2, 0.25) is 0 Å². The Bertz CT molecular complexity index is 901. The fourth-order valence-corrected chi connectivity index (χ4v) is 6.23. The summed E-state index contributed by atoms with van der Waals surface area (Å²) in [4.78, 5) is 15.2. The minimum absolute atomic E-state index is 0.304. The Hall–Kier alpha value is -1.25. The average Bonchev–Trinajstić information content (AvgIpc) is 3.05. The average molecular weight is 491 g/mol. The zero-order chi connectivity index (χ0) is 23.8. The number of aldehydes is 1. The van der Waals surface area contributed by atoms with Crippen molar-refractivity contribution in [1.82, 2.24) is 8.87 Å². The highest BCUT2D eigenvalue weighted by atomic mass is 32.2. The molecule has 182 valence electrons. The Morgan fingerprint density at radius 2 is 1.79 bits per heavy atom. The summed E-state index contributed by atoms with van der Waals surface area (Å²) in [6, 6.07) is 8.89. The van der Waals surface area contributed by atoms with Gasteiger partial charge in [-0.3, -0.25) is 0 Å². The normalized spacial score (nSPS) is 17.7. The number of rotatable bonds is 7. The molecule has 2 aliphatic rings. The van der Waals surface area contributed by atoms with Crippen LogP contribution >= 0.6 is 23.7 Å². The number of hydrogen-bond donors (Lipinski definition) is 0. The number of carbonyl (C=O) groups excluding carboxylic acids is 1. The molecule has 2 heterocycles. The number of carbonyl (C=O) groups is 1. The van der Waals surface area contributed by atoms with E-state index in [0.29, 0.717) is 12.0 Å². The second-order valence-electron chi connectivity index (χ2n) is 9.24. The SMILES string of the molecule is CCOC.Cc1c(Sc2ccc(SN3CCOCC3)cc2)c2c(n1CC=O)CC(C)(C)CC2. The monoisotopic (exact) mass is 490 g/mol. The molecule has 1 saturated heterocycles. The van der Waals surface area contributed by atoms with Crippen LogP contribution in [-0.2, 0) is 33.7 Å². The van der Waals surface area contributed by atoms with Crippen molar-refractivity contribution in [3.05, 3.63) is 41.2 Å².